The van der Waals surface area contributed by atoms with Gasteiger partial charge in [0.15, 0.2) is 0 Å². The number of nitrogens with one attached hydrogen (secondary N) is 1. The van der Waals surface area contributed by atoms with E-state index < -0.39 is 0 Å². The van der Waals surface area contributed by atoms with E-state index in [1.165, 1.54) is 32.0 Å². The van der Waals surface area contributed by atoms with E-state index in [1.807, 2.05) is 47.8 Å². The summed E-state index contributed by atoms with van der Waals surface area (Å²) in [6, 6.07) is 19.2. The number of carbonyl (C=O) groups excluding carboxylic acids is 3. The lowest BCUT2D eigenvalue weighted by molar-refractivity contribution is -0.132. The number of benzene rings is 2. The average Bonchev–Trinajstić information content (AvgIpc) is 3.98. The van der Waals surface area contributed by atoms with Crippen LogP contribution < -0.4 is 10.2 Å². The monoisotopic (exact) mass is 751 g/mol. The molecule has 0 unspecified atom stereocenters. The van der Waals surface area contributed by atoms with Crippen LogP contribution in [0, 0.1) is 5.82 Å². The molecular weight excluding hydrogens is 702 g/mol. The number of aryl methyl sites for hydroxylation is 1. The van der Waals surface area contributed by atoms with E-state index in [2.05, 4.69) is 20.1 Å². The molecule has 0 bridgehead atoms. The highest BCUT2D eigenvalue weighted by molar-refractivity contribution is 6.23. The van der Waals surface area contributed by atoms with Gasteiger partial charge in [-0.2, -0.15) is 5.10 Å². The minimum Gasteiger partial charge on any atom is -0.382 e. The topological polar surface area (TPSA) is 128 Å². The molecule has 2 saturated heterocycles. The molecule has 4 aliphatic rings. The zero-order valence-electron chi connectivity index (χ0n) is 31.9. The van der Waals surface area contributed by atoms with E-state index in [0.29, 0.717) is 69.2 Å². The Morgan fingerprint density at radius 3 is 2.31 bits per heavy atom. The second-order valence-electron chi connectivity index (χ2n) is 13.3. The Labute approximate surface area is 321 Å². The zero-order chi connectivity index (χ0) is 38.7. The number of hydrogen-bond donors (Lipinski definition) is 1. The lowest BCUT2D eigenvalue weighted by Crippen LogP contribution is -2.49. The van der Waals surface area contributed by atoms with E-state index in [1.54, 1.807) is 36.4 Å². The van der Waals surface area contributed by atoms with Crippen LogP contribution in [-0.4, -0.2) is 119 Å². The Kier molecular flexibility index (Phi) is 13.2. The van der Waals surface area contributed by atoms with Crippen LogP contribution in [-0.2, 0) is 16.0 Å². The standard InChI is InChI=1S/C33H39N9O4.C6H5F.C2H6/c1-38-32(44)23-6-4-8-25(31(23)33(38)45)34-13-21-46-20-12-30(43)41-18-16-40(17-19-41)28-9-5-7-24(36-28)26-22-35-27-10-11-29(37-42(26)27)39-14-2-3-15-39;7-6-4-2-1-3-5-6;1-2/h4-9,22,34H,2-3,10-21H2,1H3;1-5H;1-2H3. The molecule has 0 atom stereocenters. The van der Waals surface area contributed by atoms with Crippen molar-refractivity contribution in [2.45, 2.75) is 46.0 Å². The van der Waals surface area contributed by atoms with Gasteiger partial charge in [-0.25, -0.2) is 19.0 Å². The highest BCUT2D eigenvalue weighted by Crippen LogP contribution is 2.29. The van der Waals surface area contributed by atoms with Crippen LogP contribution in [0.3, 0.4) is 0 Å². The van der Waals surface area contributed by atoms with Crippen molar-refractivity contribution in [2.24, 2.45) is 5.10 Å². The van der Waals surface area contributed by atoms with Crippen molar-refractivity contribution in [1.29, 1.82) is 0 Å². The molecule has 0 radical (unpaired) electrons. The van der Waals surface area contributed by atoms with Crippen molar-refractivity contribution in [2.75, 3.05) is 76.3 Å². The van der Waals surface area contributed by atoms with Crippen molar-refractivity contribution in [3.63, 3.8) is 0 Å². The fraction of sp³-hybridized carbons (Fsp3) is 0.415. The third-order valence-corrected chi connectivity index (χ3v) is 9.89. The summed E-state index contributed by atoms with van der Waals surface area (Å²) in [5.74, 6) is 2.29. The third-order valence-electron chi connectivity index (χ3n) is 9.89. The Hall–Kier alpha value is -5.63. The molecule has 4 aliphatic heterocycles. The van der Waals surface area contributed by atoms with Crippen LogP contribution in [0.5, 0.6) is 0 Å². The summed E-state index contributed by atoms with van der Waals surface area (Å²) >= 11 is 0. The third kappa shape index (κ3) is 9.19. The fourth-order valence-electron chi connectivity index (χ4n) is 6.99. The number of anilines is 2. The zero-order valence-corrected chi connectivity index (χ0v) is 31.9. The van der Waals surface area contributed by atoms with Crippen molar-refractivity contribution in [3.05, 3.63) is 95.7 Å². The van der Waals surface area contributed by atoms with E-state index in [4.69, 9.17) is 14.8 Å². The van der Waals surface area contributed by atoms with Crippen molar-refractivity contribution < 1.29 is 23.5 Å². The molecule has 55 heavy (non-hydrogen) atoms. The van der Waals surface area contributed by atoms with Crippen molar-refractivity contribution >= 4 is 35.1 Å². The largest absolute Gasteiger partial charge is 0.382 e. The van der Waals surface area contributed by atoms with Crippen molar-refractivity contribution in [3.8, 4) is 11.4 Å². The number of fused-ring (bicyclic) bond motifs is 2. The molecule has 4 aromatic rings. The van der Waals surface area contributed by atoms with Gasteiger partial charge in [0, 0.05) is 71.4 Å². The van der Waals surface area contributed by atoms with Gasteiger partial charge in [-0.1, -0.05) is 44.2 Å². The molecule has 2 aromatic carbocycles. The average molecular weight is 752 g/mol. The quantitative estimate of drug-likeness (QED) is 0.177. The van der Waals surface area contributed by atoms with E-state index in [0.717, 1.165) is 59.7 Å². The number of nitrogens with zero attached hydrogens (tertiary/aromatic N) is 8. The molecule has 290 valence electrons. The van der Waals surface area contributed by atoms with Crippen LogP contribution in [0.2, 0.25) is 0 Å². The number of piperazine rings is 1. The Balaban J connectivity index is 0.000000509. The number of imide groups is 1. The first-order valence-electron chi connectivity index (χ1n) is 19.2. The van der Waals surface area contributed by atoms with Gasteiger partial charge < -0.3 is 24.8 Å². The molecule has 0 spiro atoms. The number of carbonyl (C=O) groups is 3. The smallest absolute Gasteiger partial charge is 0.263 e. The number of hydrogen-bond acceptors (Lipinski definition) is 10. The van der Waals surface area contributed by atoms with E-state index in [-0.39, 0.29) is 23.5 Å². The molecule has 1 N–H and O–H groups in total. The van der Waals surface area contributed by atoms with E-state index in [9.17, 15) is 18.8 Å². The lowest BCUT2D eigenvalue weighted by atomic mass is 10.1. The van der Waals surface area contributed by atoms with Crippen LogP contribution in [0.25, 0.3) is 11.4 Å². The lowest BCUT2D eigenvalue weighted by Gasteiger charge is -2.35. The van der Waals surface area contributed by atoms with Gasteiger partial charge in [0.2, 0.25) is 5.91 Å². The summed E-state index contributed by atoms with van der Waals surface area (Å²) < 4.78 is 19.6. The van der Waals surface area contributed by atoms with Gasteiger partial charge in [-0.15, -0.1) is 0 Å². The molecule has 14 heteroatoms. The second kappa shape index (κ2) is 18.6. The number of likely N-dealkylation sites (tertiary alicyclic amines) is 1. The minimum atomic E-state index is -0.309. The Bertz CT molecular complexity index is 1970. The fourth-order valence-corrected chi connectivity index (χ4v) is 6.99. The van der Waals surface area contributed by atoms with Gasteiger partial charge in [-0.3, -0.25) is 19.3 Å². The van der Waals surface area contributed by atoms with Crippen LogP contribution in [0.4, 0.5) is 15.9 Å². The molecule has 8 rings (SSSR count). The first-order chi connectivity index (χ1) is 26.9. The predicted molar refractivity (Wildman–Crippen MR) is 211 cm³/mol. The maximum atomic E-state index is 12.9. The van der Waals surface area contributed by atoms with Gasteiger partial charge in [0.05, 0.1) is 42.7 Å². The highest BCUT2D eigenvalue weighted by atomic mass is 19.1. The normalized spacial score (nSPS) is 16.1. The molecular formula is C41H50FN9O4. The number of pyridine rings is 1. The summed E-state index contributed by atoms with van der Waals surface area (Å²) in [5.41, 5.74) is 3.17. The number of rotatable bonds is 9. The summed E-state index contributed by atoms with van der Waals surface area (Å²) in [7, 11) is 1.48. The van der Waals surface area contributed by atoms with Gasteiger partial charge in [0.25, 0.3) is 11.8 Å². The molecule has 2 fully saturated rings. The van der Waals surface area contributed by atoms with Gasteiger partial charge in [-0.05, 0) is 49.2 Å². The number of halogens is 1. The summed E-state index contributed by atoms with van der Waals surface area (Å²) in [6.45, 7) is 9.94. The van der Waals surface area contributed by atoms with Crippen LogP contribution >= 0.6 is 0 Å². The molecule has 0 aliphatic carbocycles. The number of imidazole rings is 1. The number of aromatic nitrogens is 3. The molecule has 6 heterocycles. The Morgan fingerprint density at radius 1 is 0.836 bits per heavy atom. The SMILES string of the molecule is CC.CN1C(=O)c2cccc(NCCOCCC(=O)N3CCN(c4cccc(-c5cnc6n5N=C(N5CCCC5)CC6)n4)CC3)c2C1=O.Fc1ccccc1. The first-order valence-corrected chi connectivity index (χ1v) is 19.2. The summed E-state index contributed by atoms with van der Waals surface area (Å²) in [5, 5.41) is 8.16. The van der Waals surface area contributed by atoms with Gasteiger partial charge >= 0.3 is 0 Å². The highest BCUT2D eigenvalue weighted by Gasteiger charge is 2.34. The van der Waals surface area contributed by atoms with Crippen LogP contribution in [0.1, 0.15) is 66.1 Å². The maximum absolute atomic E-state index is 12.9. The molecule has 13 nitrogen and oxygen atoms in total. The summed E-state index contributed by atoms with van der Waals surface area (Å²) in [4.78, 5) is 54.8. The molecule has 2 aromatic heterocycles. The number of amides is 3. The second-order valence-corrected chi connectivity index (χ2v) is 13.3. The summed E-state index contributed by atoms with van der Waals surface area (Å²) in [6.07, 6.45) is 6.44. The number of amidine groups is 1. The molecule has 3 amide bonds. The minimum absolute atomic E-state index is 0.0694. The van der Waals surface area contributed by atoms with Gasteiger partial charge in [0.1, 0.15) is 29.0 Å². The number of ether oxygens (including phenoxy) is 1. The molecule has 0 saturated carbocycles. The van der Waals surface area contributed by atoms with E-state index >= 15 is 0 Å². The van der Waals surface area contributed by atoms with Crippen molar-refractivity contribution in [1.82, 2.24) is 29.3 Å². The maximum Gasteiger partial charge on any atom is 0.263 e. The first kappa shape index (κ1) is 39.1. The predicted octanol–water partition coefficient (Wildman–Crippen LogP) is 5.39. The van der Waals surface area contributed by atoms with Crippen LogP contribution in [0.15, 0.2) is 78.0 Å². The Morgan fingerprint density at radius 2 is 1.58 bits per heavy atom.